The zero-order valence-corrected chi connectivity index (χ0v) is 10.8. The summed E-state index contributed by atoms with van der Waals surface area (Å²) in [6.45, 7) is 3.15. The van der Waals surface area contributed by atoms with E-state index in [-0.39, 0.29) is 17.9 Å². The van der Waals surface area contributed by atoms with Crippen LogP contribution in [-0.4, -0.2) is 40.8 Å². The van der Waals surface area contributed by atoms with Crippen molar-refractivity contribution in [2.24, 2.45) is 0 Å². The van der Waals surface area contributed by atoms with Crippen LogP contribution in [0.3, 0.4) is 0 Å². The van der Waals surface area contributed by atoms with Crippen LogP contribution < -0.4 is 5.32 Å². The Morgan fingerprint density at radius 3 is 3.06 bits per heavy atom. The molecule has 2 amide bonds. The van der Waals surface area contributed by atoms with Gasteiger partial charge in [-0.25, -0.2) is 0 Å². The second kappa shape index (κ2) is 5.35. The van der Waals surface area contributed by atoms with Gasteiger partial charge in [0.1, 0.15) is 0 Å². The molecule has 96 valence electrons. The summed E-state index contributed by atoms with van der Waals surface area (Å²) in [4.78, 5) is 29.1. The molecule has 0 saturated carbocycles. The molecule has 0 unspecified atom stereocenters. The molecule has 6 heteroatoms. The van der Waals surface area contributed by atoms with E-state index in [1.807, 2.05) is 6.92 Å². The molecule has 1 fully saturated rings. The molecule has 0 aromatic carbocycles. The maximum atomic E-state index is 12.0. The summed E-state index contributed by atoms with van der Waals surface area (Å²) in [5.74, 6) is -0.193. The summed E-state index contributed by atoms with van der Waals surface area (Å²) in [5.41, 5.74) is 0.383. The average molecular weight is 268 g/mol. The molecule has 1 aromatic rings. The number of nitrogens with zero attached hydrogens (tertiary/aromatic N) is 2. The normalized spacial score (nSPS) is 19.1. The standard InChI is InChI=1S/C12H14ClN3O2/c1-2-16-7-8(5-11(16)17)15-12(18)9-3-4-14-6-10(9)13/h3-4,6,8H,2,5,7H2,1H3,(H,15,18)/t8-/m0/s1. The minimum atomic E-state index is -0.266. The Kier molecular flexibility index (Phi) is 3.81. The van der Waals surface area contributed by atoms with Crippen molar-refractivity contribution in [3.8, 4) is 0 Å². The fraction of sp³-hybridized carbons (Fsp3) is 0.417. The van der Waals surface area contributed by atoms with Gasteiger partial charge in [-0.3, -0.25) is 14.6 Å². The number of aromatic nitrogens is 1. The van der Waals surface area contributed by atoms with Crippen molar-refractivity contribution in [3.05, 3.63) is 29.0 Å². The summed E-state index contributed by atoms with van der Waals surface area (Å²) >= 11 is 5.89. The average Bonchev–Trinajstić information content (AvgIpc) is 2.69. The van der Waals surface area contributed by atoms with Crippen molar-refractivity contribution in [2.45, 2.75) is 19.4 Å². The van der Waals surface area contributed by atoms with Gasteiger partial charge in [0, 0.05) is 31.9 Å². The minimum Gasteiger partial charge on any atom is -0.347 e. The van der Waals surface area contributed by atoms with Crippen LogP contribution in [0.25, 0.3) is 0 Å². The number of likely N-dealkylation sites (N-methyl/N-ethyl adjacent to an activating group) is 1. The van der Waals surface area contributed by atoms with E-state index in [1.165, 1.54) is 12.4 Å². The molecule has 18 heavy (non-hydrogen) atoms. The zero-order valence-electron chi connectivity index (χ0n) is 10.0. The first-order valence-electron chi connectivity index (χ1n) is 5.80. The maximum Gasteiger partial charge on any atom is 0.253 e. The summed E-state index contributed by atoms with van der Waals surface area (Å²) in [5, 5.41) is 3.13. The van der Waals surface area contributed by atoms with Gasteiger partial charge in [-0.2, -0.15) is 0 Å². The highest BCUT2D eigenvalue weighted by Gasteiger charge is 2.29. The van der Waals surface area contributed by atoms with E-state index in [4.69, 9.17) is 11.6 Å². The molecular formula is C12H14ClN3O2. The Hall–Kier alpha value is -1.62. The molecule has 0 radical (unpaired) electrons. The second-order valence-electron chi connectivity index (χ2n) is 4.16. The van der Waals surface area contributed by atoms with Crippen LogP contribution >= 0.6 is 11.6 Å². The number of carbonyl (C=O) groups excluding carboxylic acids is 2. The van der Waals surface area contributed by atoms with E-state index in [1.54, 1.807) is 11.0 Å². The number of nitrogens with one attached hydrogen (secondary N) is 1. The molecule has 1 aliphatic rings. The van der Waals surface area contributed by atoms with E-state index in [9.17, 15) is 9.59 Å². The number of likely N-dealkylation sites (tertiary alicyclic amines) is 1. The number of halogens is 1. The Bertz CT molecular complexity index is 478. The van der Waals surface area contributed by atoms with Gasteiger partial charge in [0.15, 0.2) is 0 Å². The Labute approximate surface area is 110 Å². The van der Waals surface area contributed by atoms with E-state index in [2.05, 4.69) is 10.3 Å². The fourth-order valence-electron chi connectivity index (χ4n) is 2.00. The van der Waals surface area contributed by atoms with Gasteiger partial charge in [-0.15, -0.1) is 0 Å². The lowest BCUT2D eigenvalue weighted by atomic mass is 10.2. The largest absolute Gasteiger partial charge is 0.347 e. The van der Waals surface area contributed by atoms with Gasteiger partial charge >= 0.3 is 0 Å². The number of hydrogen-bond donors (Lipinski definition) is 1. The van der Waals surface area contributed by atoms with Crippen molar-refractivity contribution in [1.29, 1.82) is 0 Å². The highest BCUT2D eigenvalue weighted by atomic mass is 35.5. The molecule has 1 saturated heterocycles. The van der Waals surface area contributed by atoms with E-state index >= 15 is 0 Å². The van der Waals surface area contributed by atoms with Crippen LogP contribution in [0.5, 0.6) is 0 Å². The van der Waals surface area contributed by atoms with Crippen LogP contribution in [0.15, 0.2) is 18.5 Å². The van der Waals surface area contributed by atoms with Crippen LogP contribution in [0.1, 0.15) is 23.7 Å². The lowest BCUT2D eigenvalue weighted by molar-refractivity contribution is -0.127. The smallest absolute Gasteiger partial charge is 0.253 e. The minimum absolute atomic E-state index is 0.0728. The number of pyridine rings is 1. The number of amides is 2. The predicted octanol–water partition coefficient (Wildman–Crippen LogP) is 1.09. The van der Waals surface area contributed by atoms with Gasteiger partial charge in [0.05, 0.1) is 16.6 Å². The van der Waals surface area contributed by atoms with E-state index in [0.717, 1.165) is 0 Å². The molecule has 0 spiro atoms. The lowest BCUT2D eigenvalue weighted by Gasteiger charge is -2.14. The molecule has 5 nitrogen and oxygen atoms in total. The topological polar surface area (TPSA) is 62.3 Å². The first kappa shape index (κ1) is 12.8. The molecule has 1 aromatic heterocycles. The van der Waals surface area contributed by atoms with Crippen LogP contribution in [-0.2, 0) is 4.79 Å². The molecular weight excluding hydrogens is 254 g/mol. The van der Waals surface area contributed by atoms with Crippen molar-refractivity contribution >= 4 is 23.4 Å². The van der Waals surface area contributed by atoms with Crippen LogP contribution in [0, 0.1) is 0 Å². The third-order valence-electron chi connectivity index (χ3n) is 2.95. The van der Waals surface area contributed by atoms with Gasteiger partial charge in [-0.1, -0.05) is 11.6 Å². The highest BCUT2D eigenvalue weighted by molar-refractivity contribution is 6.33. The summed E-state index contributed by atoms with van der Waals surface area (Å²) < 4.78 is 0. The molecule has 0 aliphatic carbocycles. The predicted molar refractivity (Wildman–Crippen MR) is 67.4 cm³/mol. The monoisotopic (exact) mass is 267 g/mol. The summed E-state index contributed by atoms with van der Waals surface area (Å²) in [6.07, 6.45) is 3.29. The number of hydrogen-bond acceptors (Lipinski definition) is 3. The van der Waals surface area contributed by atoms with Crippen molar-refractivity contribution in [2.75, 3.05) is 13.1 Å². The summed E-state index contributed by atoms with van der Waals surface area (Å²) in [6, 6.07) is 1.42. The van der Waals surface area contributed by atoms with Crippen molar-refractivity contribution < 1.29 is 9.59 Å². The molecule has 2 heterocycles. The van der Waals surface area contributed by atoms with Crippen LogP contribution in [0.2, 0.25) is 5.02 Å². The Balaban J connectivity index is 2.01. The first-order chi connectivity index (χ1) is 8.61. The Morgan fingerprint density at radius 1 is 1.67 bits per heavy atom. The third kappa shape index (κ3) is 2.61. The first-order valence-corrected chi connectivity index (χ1v) is 6.17. The summed E-state index contributed by atoms with van der Waals surface area (Å²) in [7, 11) is 0. The number of carbonyl (C=O) groups is 2. The SMILES string of the molecule is CCN1C[C@@H](NC(=O)c2ccncc2Cl)CC1=O. The van der Waals surface area contributed by atoms with Gasteiger partial charge in [0.2, 0.25) is 5.91 Å². The maximum absolute atomic E-state index is 12.0. The van der Waals surface area contributed by atoms with E-state index in [0.29, 0.717) is 30.1 Å². The molecule has 1 aliphatic heterocycles. The molecule has 0 bridgehead atoms. The third-order valence-corrected chi connectivity index (χ3v) is 3.25. The lowest BCUT2D eigenvalue weighted by Crippen LogP contribution is -2.37. The van der Waals surface area contributed by atoms with Gasteiger partial charge in [-0.05, 0) is 13.0 Å². The van der Waals surface area contributed by atoms with Crippen LogP contribution in [0.4, 0.5) is 0 Å². The second-order valence-corrected chi connectivity index (χ2v) is 4.57. The van der Waals surface area contributed by atoms with Gasteiger partial charge < -0.3 is 10.2 Å². The van der Waals surface area contributed by atoms with E-state index < -0.39 is 0 Å². The molecule has 2 rings (SSSR count). The Morgan fingerprint density at radius 2 is 2.44 bits per heavy atom. The molecule has 1 atom stereocenters. The molecule has 1 N–H and O–H groups in total. The quantitative estimate of drug-likeness (QED) is 0.892. The zero-order chi connectivity index (χ0) is 13.1. The fourth-order valence-corrected chi connectivity index (χ4v) is 2.20. The number of rotatable bonds is 3. The highest BCUT2D eigenvalue weighted by Crippen LogP contribution is 2.15. The van der Waals surface area contributed by atoms with Crippen molar-refractivity contribution in [1.82, 2.24) is 15.2 Å². The van der Waals surface area contributed by atoms with Crippen molar-refractivity contribution in [3.63, 3.8) is 0 Å². The van der Waals surface area contributed by atoms with Gasteiger partial charge in [0.25, 0.3) is 5.91 Å².